The standard InChI is InChI=1S/C40H45F3N10O4/c1-22-11-9-13-50(36(22)56)26-16-31-33(47-23(2)38(4,5)6)28(35(45)55)20-49(53(31)19-26)21-39(7,8)24(3)48-32-27(34(44)54)17-46-52-18-25(15-30(32)52)51-14-10-12-29(37(51)57)40(41,42)43/h9-20,23-24H,21H2,1-8H3,(H5,44,45,46,48,54,55)/p+1. The summed E-state index contributed by atoms with van der Waals surface area (Å²) in [5, 5.41) is 11.1. The number of aromatic nitrogens is 6. The Morgan fingerprint density at radius 3 is 2.00 bits per heavy atom. The number of nitrogens with zero attached hydrogens (tertiary/aromatic N) is 6. The summed E-state index contributed by atoms with van der Waals surface area (Å²) >= 11 is 0. The first kappa shape index (κ1) is 40.3. The number of nitrogens with one attached hydrogen (secondary N) is 2. The number of alkyl halides is 3. The first-order chi connectivity index (χ1) is 26.5. The van der Waals surface area contributed by atoms with Gasteiger partial charge >= 0.3 is 6.18 Å². The van der Waals surface area contributed by atoms with Gasteiger partial charge in [0.15, 0.2) is 6.54 Å². The molecule has 300 valence electrons. The number of anilines is 2. The third kappa shape index (κ3) is 7.60. The highest BCUT2D eigenvalue weighted by atomic mass is 19.4. The Morgan fingerprint density at radius 2 is 1.39 bits per heavy atom. The summed E-state index contributed by atoms with van der Waals surface area (Å²) in [6.07, 6.45) is 4.10. The minimum Gasteiger partial charge on any atom is -0.379 e. The summed E-state index contributed by atoms with van der Waals surface area (Å²) in [5.74, 6) is -1.47. The second-order valence-electron chi connectivity index (χ2n) is 16.2. The fraction of sp³-hybridized carbons (Fsp3) is 0.350. The molecule has 0 aliphatic heterocycles. The smallest absolute Gasteiger partial charge is 0.379 e. The molecule has 2 amide bonds. The van der Waals surface area contributed by atoms with Crippen molar-refractivity contribution < 1.29 is 27.4 Å². The molecule has 57 heavy (non-hydrogen) atoms. The Morgan fingerprint density at radius 1 is 0.825 bits per heavy atom. The Hall–Kier alpha value is -6.39. The maximum Gasteiger partial charge on any atom is 0.421 e. The van der Waals surface area contributed by atoms with Crippen molar-refractivity contribution in [1.82, 2.24) is 23.3 Å². The van der Waals surface area contributed by atoms with Crippen LogP contribution < -0.4 is 37.9 Å². The molecule has 0 saturated carbocycles. The predicted molar refractivity (Wildman–Crippen MR) is 210 cm³/mol. The quantitative estimate of drug-likeness (QED) is 0.132. The van der Waals surface area contributed by atoms with Gasteiger partial charge in [-0.3, -0.25) is 28.3 Å². The van der Waals surface area contributed by atoms with E-state index in [-0.39, 0.29) is 51.6 Å². The number of halogens is 3. The van der Waals surface area contributed by atoms with Gasteiger partial charge in [-0.2, -0.15) is 18.3 Å². The van der Waals surface area contributed by atoms with Crippen molar-refractivity contribution in [1.29, 1.82) is 0 Å². The van der Waals surface area contributed by atoms with E-state index >= 15 is 0 Å². The summed E-state index contributed by atoms with van der Waals surface area (Å²) in [7, 11) is 0. The third-order valence-electron chi connectivity index (χ3n) is 10.7. The molecule has 17 heteroatoms. The van der Waals surface area contributed by atoms with Gasteiger partial charge in [0.2, 0.25) is 6.20 Å². The van der Waals surface area contributed by atoms with Crippen molar-refractivity contribution in [2.75, 3.05) is 10.6 Å². The van der Waals surface area contributed by atoms with Crippen LogP contribution in [-0.4, -0.2) is 47.2 Å². The van der Waals surface area contributed by atoms with E-state index in [2.05, 4.69) is 36.5 Å². The Bertz CT molecular complexity index is 2680. The molecule has 0 aromatic carbocycles. The lowest BCUT2D eigenvalue weighted by Gasteiger charge is -2.31. The summed E-state index contributed by atoms with van der Waals surface area (Å²) in [4.78, 5) is 52.0. The van der Waals surface area contributed by atoms with Crippen LogP contribution in [0.25, 0.3) is 22.4 Å². The van der Waals surface area contributed by atoms with E-state index in [0.29, 0.717) is 28.5 Å². The SMILES string of the molecule is Cc1cccn(-c2cc3c(NC(C)C(C)(C)C)c(C(N)=O)c[n+](CC(C)(C)C(C)Nc4c(C(N)=O)cnn5cc(-n6cccc(C(F)(F)F)c6=O)cc45)n3c2)c1=O. The zero-order valence-electron chi connectivity index (χ0n) is 32.9. The number of rotatable bonds is 11. The molecule has 6 aromatic heterocycles. The van der Waals surface area contributed by atoms with E-state index in [4.69, 9.17) is 11.5 Å². The molecule has 0 fully saturated rings. The number of hydrogen-bond donors (Lipinski definition) is 4. The molecular formula is C40H46F3N10O4+. The molecule has 0 radical (unpaired) electrons. The van der Waals surface area contributed by atoms with Crippen molar-refractivity contribution in [3.63, 3.8) is 0 Å². The average Bonchev–Trinajstić information content (AvgIpc) is 3.75. The van der Waals surface area contributed by atoms with E-state index in [0.717, 1.165) is 10.6 Å². The molecule has 14 nitrogen and oxygen atoms in total. The van der Waals surface area contributed by atoms with Gasteiger partial charge in [-0.1, -0.05) is 40.7 Å². The fourth-order valence-electron chi connectivity index (χ4n) is 6.47. The van der Waals surface area contributed by atoms with Gasteiger partial charge in [0.1, 0.15) is 16.6 Å². The van der Waals surface area contributed by atoms with Gasteiger partial charge in [-0.15, -0.1) is 9.20 Å². The van der Waals surface area contributed by atoms with Gasteiger partial charge in [0.25, 0.3) is 22.9 Å². The van der Waals surface area contributed by atoms with E-state index in [1.807, 2.05) is 43.0 Å². The lowest BCUT2D eigenvalue weighted by Crippen LogP contribution is -2.52. The van der Waals surface area contributed by atoms with E-state index in [1.54, 1.807) is 37.6 Å². The van der Waals surface area contributed by atoms with Gasteiger partial charge in [0.05, 0.1) is 52.4 Å². The fourth-order valence-corrected chi connectivity index (χ4v) is 6.47. The van der Waals surface area contributed by atoms with Gasteiger partial charge in [-0.05, 0) is 56.5 Å². The van der Waals surface area contributed by atoms with Crippen LogP contribution in [0.2, 0.25) is 0 Å². The second-order valence-corrected chi connectivity index (χ2v) is 16.2. The van der Waals surface area contributed by atoms with Gasteiger partial charge < -0.3 is 22.1 Å². The van der Waals surface area contributed by atoms with Crippen molar-refractivity contribution in [3.05, 3.63) is 117 Å². The molecule has 6 rings (SSSR count). The van der Waals surface area contributed by atoms with Crippen molar-refractivity contribution in [2.45, 2.75) is 80.2 Å². The molecule has 0 spiro atoms. The van der Waals surface area contributed by atoms with Crippen molar-refractivity contribution in [3.8, 4) is 11.4 Å². The average molecular weight is 788 g/mol. The highest BCUT2D eigenvalue weighted by Crippen LogP contribution is 2.33. The van der Waals surface area contributed by atoms with Crippen LogP contribution in [0, 0.1) is 17.8 Å². The number of amides is 2. The Labute approximate surface area is 325 Å². The number of nitrogens with two attached hydrogens (primary N) is 2. The summed E-state index contributed by atoms with van der Waals surface area (Å²) in [5.41, 5.74) is 11.2. The number of primary amides is 2. The van der Waals surface area contributed by atoms with Crippen LogP contribution in [0.1, 0.15) is 80.3 Å². The molecule has 6 heterocycles. The van der Waals surface area contributed by atoms with E-state index < -0.39 is 40.6 Å². The topological polar surface area (TPSA) is 180 Å². The van der Waals surface area contributed by atoms with Crippen LogP contribution in [0.5, 0.6) is 0 Å². The Balaban J connectivity index is 1.45. The number of pyridine rings is 2. The largest absolute Gasteiger partial charge is 0.421 e. The van der Waals surface area contributed by atoms with Crippen LogP contribution in [0.4, 0.5) is 24.5 Å². The number of aryl methyl sites for hydroxylation is 1. The van der Waals surface area contributed by atoms with Crippen LogP contribution in [0.15, 0.2) is 83.2 Å². The highest BCUT2D eigenvalue weighted by Gasteiger charge is 2.37. The molecule has 0 aliphatic carbocycles. The van der Waals surface area contributed by atoms with Crippen LogP contribution in [0.3, 0.4) is 0 Å². The molecule has 6 N–H and O–H groups in total. The lowest BCUT2D eigenvalue weighted by molar-refractivity contribution is -0.773. The molecule has 0 aliphatic rings. The van der Waals surface area contributed by atoms with Crippen molar-refractivity contribution >= 4 is 34.2 Å². The van der Waals surface area contributed by atoms with Crippen LogP contribution in [-0.2, 0) is 12.7 Å². The van der Waals surface area contributed by atoms with E-state index in [1.165, 1.54) is 33.7 Å². The second kappa shape index (κ2) is 14.3. The van der Waals surface area contributed by atoms with Crippen LogP contribution >= 0.6 is 0 Å². The third-order valence-corrected chi connectivity index (χ3v) is 10.7. The molecule has 2 unspecified atom stereocenters. The molecule has 6 aromatic rings. The first-order valence-corrected chi connectivity index (χ1v) is 18.2. The lowest BCUT2D eigenvalue weighted by atomic mass is 9.85. The molecule has 2 atom stereocenters. The number of fused-ring (bicyclic) bond motifs is 2. The summed E-state index contributed by atoms with van der Waals surface area (Å²) in [6, 6.07) is 8.04. The molecule has 0 saturated heterocycles. The monoisotopic (exact) mass is 787 g/mol. The minimum absolute atomic E-state index is 0.0132. The Kier molecular flexibility index (Phi) is 10.1. The van der Waals surface area contributed by atoms with Gasteiger partial charge in [-0.25, -0.2) is 4.52 Å². The molecular weight excluding hydrogens is 742 g/mol. The zero-order valence-corrected chi connectivity index (χ0v) is 32.9. The maximum absolute atomic E-state index is 13.6. The molecule has 0 bridgehead atoms. The number of carbonyl (C=O) groups excluding carboxylic acids is 2. The predicted octanol–water partition coefficient (Wildman–Crippen LogP) is 5.07. The summed E-state index contributed by atoms with van der Waals surface area (Å²) < 4.78 is 48.2. The van der Waals surface area contributed by atoms with Gasteiger partial charge in [0, 0.05) is 35.5 Å². The normalized spacial score (nSPS) is 13.5. The highest BCUT2D eigenvalue weighted by molar-refractivity contribution is 6.02. The minimum atomic E-state index is -4.87. The summed E-state index contributed by atoms with van der Waals surface area (Å²) in [6.45, 7) is 16.0. The first-order valence-electron chi connectivity index (χ1n) is 18.2. The zero-order chi connectivity index (χ0) is 41.9. The maximum atomic E-state index is 13.6. The van der Waals surface area contributed by atoms with E-state index in [9.17, 15) is 32.3 Å². The van der Waals surface area contributed by atoms with Crippen molar-refractivity contribution in [2.24, 2.45) is 22.3 Å². The number of hydrogen-bond acceptors (Lipinski definition) is 7. The number of carbonyl (C=O) groups is 2.